The van der Waals surface area contributed by atoms with Crippen LogP contribution in [0.5, 0.6) is 5.75 Å². The number of nitrogens with zero attached hydrogens (tertiary/aromatic N) is 3. The highest BCUT2D eigenvalue weighted by atomic mass is 19.4. The molecule has 11 heteroatoms. The molecule has 2 aromatic rings. The summed E-state index contributed by atoms with van der Waals surface area (Å²) < 4.78 is 42.4. The van der Waals surface area contributed by atoms with Crippen molar-refractivity contribution in [2.45, 2.75) is 25.2 Å². The average molecular weight is 423 g/mol. The monoisotopic (exact) mass is 423 g/mol. The molecular weight excluding hydrogens is 403 g/mol. The Labute approximate surface area is 169 Å². The molecule has 2 heterocycles. The number of amides is 2. The summed E-state index contributed by atoms with van der Waals surface area (Å²) in [6.45, 7) is 4.41. The van der Waals surface area contributed by atoms with E-state index in [0.717, 1.165) is 12.1 Å². The molecule has 1 aromatic heterocycles. The van der Waals surface area contributed by atoms with Crippen molar-refractivity contribution in [2.75, 3.05) is 18.8 Å². The van der Waals surface area contributed by atoms with E-state index in [1.165, 1.54) is 22.9 Å². The van der Waals surface area contributed by atoms with Crippen molar-refractivity contribution in [1.29, 1.82) is 0 Å². The average Bonchev–Trinajstić information content (AvgIpc) is 3.04. The molecule has 0 spiro atoms. The quantitative estimate of drug-likeness (QED) is 0.717. The normalized spacial score (nSPS) is 15.1. The van der Waals surface area contributed by atoms with Crippen LogP contribution in [0.4, 0.5) is 19.0 Å². The van der Waals surface area contributed by atoms with Crippen molar-refractivity contribution in [2.24, 2.45) is 5.73 Å². The topological polar surface area (TPSA) is 116 Å². The Kier molecular flexibility index (Phi) is 5.72. The van der Waals surface area contributed by atoms with Crippen molar-refractivity contribution in [3.05, 3.63) is 42.5 Å². The van der Waals surface area contributed by atoms with Crippen molar-refractivity contribution in [3.63, 3.8) is 0 Å². The first-order chi connectivity index (χ1) is 14.1. The van der Waals surface area contributed by atoms with Gasteiger partial charge in [-0.2, -0.15) is 5.10 Å². The van der Waals surface area contributed by atoms with Crippen molar-refractivity contribution in [1.82, 2.24) is 14.7 Å². The van der Waals surface area contributed by atoms with E-state index in [-0.39, 0.29) is 29.0 Å². The Morgan fingerprint density at radius 3 is 2.30 bits per heavy atom. The number of nitrogens with two attached hydrogens (primary N) is 2. The number of nitrogen functional groups attached to an aromatic ring is 1. The van der Waals surface area contributed by atoms with Crippen LogP contribution in [0.2, 0.25) is 0 Å². The van der Waals surface area contributed by atoms with E-state index in [4.69, 9.17) is 11.5 Å². The molecule has 4 N–H and O–H groups in total. The van der Waals surface area contributed by atoms with Crippen LogP contribution < -0.4 is 16.2 Å². The largest absolute Gasteiger partial charge is 0.573 e. The van der Waals surface area contributed by atoms with Crippen molar-refractivity contribution >= 4 is 17.6 Å². The van der Waals surface area contributed by atoms with E-state index in [2.05, 4.69) is 16.4 Å². The number of piperidine rings is 1. The molecule has 160 valence electrons. The second-order valence-electron chi connectivity index (χ2n) is 6.75. The van der Waals surface area contributed by atoms with Gasteiger partial charge in [0.25, 0.3) is 5.91 Å². The Morgan fingerprint density at radius 1 is 1.20 bits per heavy atom. The smallest absolute Gasteiger partial charge is 0.406 e. The Balaban J connectivity index is 1.89. The summed E-state index contributed by atoms with van der Waals surface area (Å²) >= 11 is 0. The first kappa shape index (κ1) is 21.2. The van der Waals surface area contributed by atoms with E-state index < -0.39 is 18.0 Å². The number of benzene rings is 1. The second kappa shape index (κ2) is 8.09. The van der Waals surface area contributed by atoms with Crippen LogP contribution in [-0.2, 0) is 4.79 Å². The number of likely N-dealkylation sites (tertiary alicyclic amines) is 1. The van der Waals surface area contributed by atoms with E-state index in [0.29, 0.717) is 31.5 Å². The molecule has 1 aromatic carbocycles. The summed E-state index contributed by atoms with van der Waals surface area (Å²) in [7, 11) is 0. The zero-order chi connectivity index (χ0) is 22.1. The first-order valence-corrected chi connectivity index (χ1v) is 9.06. The number of anilines is 1. The van der Waals surface area contributed by atoms with Crippen LogP contribution in [0.1, 0.15) is 29.2 Å². The molecule has 0 unspecified atom stereocenters. The van der Waals surface area contributed by atoms with Gasteiger partial charge < -0.3 is 21.1 Å². The molecule has 1 saturated heterocycles. The van der Waals surface area contributed by atoms with Crippen LogP contribution in [-0.4, -0.2) is 45.9 Å². The molecule has 1 fully saturated rings. The minimum Gasteiger partial charge on any atom is -0.406 e. The highest BCUT2D eigenvalue weighted by Gasteiger charge is 2.32. The maximum Gasteiger partial charge on any atom is 0.573 e. The number of hydrogen-bond donors (Lipinski definition) is 2. The van der Waals surface area contributed by atoms with E-state index >= 15 is 0 Å². The van der Waals surface area contributed by atoms with Crippen molar-refractivity contribution < 1.29 is 27.5 Å². The lowest BCUT2D eigenvalue weighted by Crippen LogP contribution is -2.38. The summed E-state index contributed by atoms with van der Waals surface area (Å²) in [5.41, 5.74) is 12.1. The van der Waals surface area contributed by atoms with Gasteiger partial charge in [0.1, 0.15) is 22.8 Å². The summed E-state index contributed by atoms with van der Waals surface area (Å²) in [6, 6.07) is 4.74. The summed E-state index contributed by atoms with van der Waals surface area (Å²) in [5.74, 6) is -1.30. The van der Waals surface area contributed by atoms with Crippen LogP contribution in [0.15, 0.2) is 36.9 Å². The van der Waals surface area contributed by atoms with E-state index in [1.807, 2.05) is 0 Å². The molecule has 1 aliphatic heterocycles. The summed E-state index contributed by atoms with van der Waals surface area (Å²) in [4.78, 5) is 25.4. The number of carbonyl (C=O) groups excluding carboxylic acids is 2. The zero-order valence-electron chi connectivity index (χ0n) is 15.9. The molecule has 30 heavy (non-hydrogen) atoms. The lowest BCUT2D eigenvalue weighted by molar-refractivity contribution is -0.274. The van der Waals surface area contributed by atoms with Gasteiger partial charge in [-0.3, -0.25) is 9.59 Å². The second-order valence-corrected chi connectivity index (χ2v) is 6.75. The SMILES string of the molecule is C=CC(=O)N1CCC(n2nc(-c3ccc(OC(F)(F)F)cc3)c(C(N)=O)c2N)CC1. The molecule has 0 saturated carbocycles. The maximum absolute atomic E-state index is 12.4. The molecule has 3 rings (SSSR count). The number of carbonyl (C=O) groups is 2. The van der Waals surface area contributed by atoms with Gasteiger partial charge in [-0.25, -0.2) is 4.68 Å². The number of aromatic nitrogens is 2. The fourth-order valence-electron chi connectivity index (χ4n) is 3.45. The third-order valence-corrected chi connectivity index (χ3v) is 4.85. The first-order valence-electron chi connectivity index (χ1n) is 9.06. The molecule has 1 aliphatic rings. The van der Waals surface area contributed by atoms with Gasteiger partial charge in [-0.05, 0) is 43.2 Å². The molecule has 2 amide bonds. The van der Waals surface area contributed by atoms with Gasteiger partial charge in [-0.1, -0.05) is 6.58 Å². The molecule has 8 nitrogen and oxygen atoms in total. The third-order valence-electron chi connectivity index (χ3n) is 4.85. The Morgan fingerprint density at radius 2 is 1.80 bits per heavy atom. The third kappa shape index (κ3) is 4.39. The maximum atomic E-state index is 12.4. The number of hydrogen-bond acceptors (Lipinski definition) is 5. The zero-order valence-corrected chi connectivity index (χ0v) is 15.9. The van der Waals surface area contributed by atoms with Crippen molar-refractivity contribution in [3.8, 4) is 17.0 Å². The minimum atomic E-state index is -4.81. The summed E-state index contributed by atoms with van der Waals surface area (Å²) in [5, 5.41) is 4.42. The number of rotatable bonds is 5. The van der Waals surface area contributed by atoms with Crippen LogP contribution >= 0.6 is 0 Å². The van der Waals surface area contributed by atoms with Gasteiger partial charge >= 0.3 is 6.36 Å². The lowest BCUT2D eigenvalue weighted by atomic mass is 10.0. The highest BCUT2D eigenvalue weighted by Crippen LogP contribution is 2.33. The van der Waals surface area contributed by atoms with Gasteiger partial charge in [0.2, 0.25) is 5.91 Å². The predicted molar refractivity (Wildman–Crippen MR) is 102 cm³/mol. The fraction of sp³-hybridized carbons (Fsp3) is 0.316. The van der Waals surface area contributed by atoms with Gasteiger partial charge in [0.15, 0.2) is 0 Å². The molecule has 0 aliphatic carbocycles. The van der Waals surface area contributed by atoms with E-state index in [9.17, 15) is 22.8 Å². The predicted octanol–water partition coefficient (Wildman–Crippen LogP) is 2.48. The van der Waals surface area contributed by atoms with Gasteiger partial charge in [0, 0.05) is 18.7 Å². The number of halogens is 3. The Hall–Kier alpha value is -3.50. The number of ether oxygens (including phenoxy) is 1. The molecule has 0 radical (unpaired) electrons. The molecular formula is C19H20F3N5O3. The summed E-state index contributed by atoms with van der Waals surface area (Å²) in [6.07, 6.45) is -2.45. The standard InChI is InChI=1S/C19H20F3N5O3/c1-2-14(28)26-9-7-12(8-10-26)27-17(23)15(18(24)29)16(25-27)11-3-5-13(6-4-11)30-19(20,21)22/h2-6,12H,1,7-10,23H2,(H2,24,29). The Bertz CT molecular complexity index is 961. The lowest BCUT2D eigenvalue weighted by Gasteiger charge is -2.31. The van der Waals surface area contributed by atoms with Gasteiger partial charge in [0.05, 0.1) is 6.04 Å². The molecule has 0 atom stereocenters. The molecule has 0 bridgehead atoms. The minimum absolute atomic E-state index is 0.0101. The fourth-order valence-corrected chi connectivity index (χ4v) is 3.45. The number of alkyl halides is 3. The number of primary amides is 1. The highest BCUT2D eigenvalue weighted by molar-refractivity contribution is 6.03. The van der Waals surface area contributed by atoms with Crippen LogP contribution in [0, 0.1) is 0 Å². The van der Waals surface area contributed by atoms with E-state index in [1.54, 1.807) is 4.90 Å². The van der Waals surface area contributed by atoms with Crippen LogP contribution in [0.25, 0.3) is 11.3 Å². The van der Waals surface area contributed by atoms with Crippen LogP contribution in [0.3, 0.4) is 0 Å². The van der Waals surface area contributed by atoms with Gasteiger partial charge in [-0.15, -0.1) is 13.2 Å².